The molecule has 0 saturated heterocycles. The molecule has 25 heavy (non-hydrogen) atoms. The van der Waals surface area contributed by atoms with Gasteiger partial charge in [0, 0.05) is 12.6 Å². The Bertz CT molecular complexity index is 793. The number of benzene rings is 2. The van der Waals surface area contributed by atoms with Gasteiger partial charge in [-0.05, 0) is 42.8 Å². The number of nitrogens with one attached hydrogen (secondary N) is 2. The van der Waals surface area contributed by atoms with Gasteiger partial charge in [0.25, 0.3) is 5.91 Å². The molecule has 0 saturated carbocycles. The Kier molecular flexibility index (Phi) is 5.94. The number of ether oxygens (including phenoxy) is 2. The average Bonchev–Trinajstić information content (AvgIpc) is 2.56. The van der Waals surface area contributed by atoms with E-state index >= 15 is 0 Å². The van der Waals surface area contributed by atoms with Gasteiger partial charge in [-0.15, -0.1) is 0 Å². The van der Waals surface area contributed by atoms with Crippen molar-refractivity contribution in [3.05, 3.63) is 47.8 Å². The third-order valence-electron chi connectivity index (χ3n) is 3.24. The third kappa shape index (κ3) is 5.20. The molecule has 7 heteroatoms. The SMILES string of the molecule is COc1cc(C)ccc1OCC(=O)Nc1ccc(F)c(NC(C)=O)c1. The highest BCUT2D eigenvalue weighted by Gasteiger charge is 2.10. The van der Waals surface area contributed by atoms with E-state index in [1.165, 1.54) is 26.2 Å². The monoisotopic (exact) mass is 346 g/mol. The van der Waals surface area contributed by atoms with E-state index < -0.39 is 17.6 Å². The molecule has 2 aromatic carbocycles. The first-order valence-electron chi connectivity index (χ1n) is 7.53. The average molecular weight is 346 g/mol. The number of hydrogen-bond donors (Lipinski definition) is 2. The topological polar surface area (TPSA) is 76.7 Å². The quantitative estimate of drug-likeness (QED) is 0.843. The highest BCUT2D eigenvalue weighted by atomic mass is 19.1. The number of methoxy groups -OCH3 is 1. The van der Waals surface area contributed by atoms with E-state index in [0.717, 1.165) is 11.6 Å². The highest BCUT2D eigenvalue weighted by molar-refractivity contribution is 5.94. The van der Waals surface area contributed by atoms with Gasteiger partial charge >= 0.3 is 0 Å². The molecule has 0 aliphatic rings. The van der Waals surface area contributed by atoms with Gasteiger partial charge in [0.1, 0.15) is 5.82 Å². The van der Waals surface area contributed by atoms with Crippen molar-refractivity contribution in [3.63, 3.8) is 0 Å². The zero-order valence-electron chi connectivity index (χ0n) is 14.2. The third-order valence-corrected chi connectivity index (χ3v) is 3.24. The van der Waals surface area contributed by atoms with Gasteiger partial charge in [0.15, 0.2) is 18.1 Å². The molecule has 0 fully saturated rings. The van der Waals surface area contributed by atoms with Crippen molar-refractivity contribution < 1.29 is 23.5 Å². The van der Waals surface area contributed by atoms with E-state index in [1.807, 2.05) is 13.0 Å². The van der Waals surface area contributed by atoms with E-state index in [1.54, 1.807) is 12.1 Å². The molecule has 0 aliphatic carbocycles. The summed E-state index contributed by atoms with van der Waals surface area (Å²) in [6.07, 6.45) is 0. The van der Waals surface area contributed by atoms with E-state index in [0.29, 0.717) is 17.2 Å². The molecular formula is C18H19FN2O4. The summed E-state index contributed by atoms with van der Waals surface area (Å²) in [4.78, 5) is 23.1. The van der Waals surface area contributed by atoms with Crippen molar-refractivity contribution in [1.29, 1.82) is 0 Å². The summed E-state index contributed by atoms with van der Waals surface area (Å²) in [6.45, 7) is 2.94. The summed E-state index contributed by atoms with van der Waals surface area (Å²) in [7, 11) is 1.52. The number of aryl methyl sites for hydroxylation is 1. The molecule has 0 heterocycles. The molecule has 6 nitrogen and oxygen atoms in total. The summed E-state index contributed by atoms with van der Waals surface area (Å²) in [5.41, 5.74) is 1.34. The molecule has 132 valence electrons. The molecule has 0 aliphatic heterocycles. The first kappa shape index (κ1) is 18.3. The molecule has 0 atom stereocenters. The minimum absolute atomic E-state index is 0.00794. The maximum atomic E-state index is 13.6. The first-order valence-corrected chi connectivity index (χ1v) is 7.53. The van der Waals surface area contributed by atoms with Crippen LogP contribution in [0.25, 0.3) is 0 Å². The normalized spacial score (nSPS) is 10.1. The lowest BCUT2D eigenvalue weighted by molar-refractivity contribution is -0.118. The van der Waals surface area contributed by atoms with Gasteiger partial charge in [-0.3, -0.25) is 9.59 Å². The second-order valence-electron chi connectivity index (χ2n) is 5.37. The van der Waals surface area contributed by atoms with Crippen LogP contribution in [-0.4, -0.2) is 25.5 Å². The Hall–Kier alpha value is -3.09. The van der Waals surface area contributed by atoms with Gasteiger partial charge in [-0.2, -0.15) is 0 Å². The summed E-state index contributed by atoms with van der Waals surface area (Å²) in [6, 6.07) is 9.24. The van der Waals surface area contributed by atoms with Crippen molar-refractivity contribution in [1.82, 2.24) is 0 Å². The van der Waals surface area contributed by atoms with E-state index in [-0.39, 0.29) is 12.3 Å². The Morgan fingerprint density at radius 2 is 1.84 bits per heavy atom. The summed E-state index contributed by atoms with van der Waals surface area (Å²) < 4.78 is 24.2. The van der Waals surface area contributed by atoms with Crippen molar-refractivity contribution in [2.75, 3.05) is 24.4 Å². The number of amides is 2. The van der Waals surface area contributed by atoms with Gasteiger partial charge in [0.2, 0.25) is 5.91 Å². The smallest absolute Gasteiger partial charge is 0.262 e. The molecule has 2 aromatic rings. The van der Waals surface area contributed by atoms with Crippen LogP contribution in [0, 0.1) is 12.7 Å². The number of anilines is 2. The van der Waals surface area contributed by atoms with Crippen LogP contribution in [0.15, 0.2) is 36.4 Å². The number of carbonyl (C=O) groups excluding carboxylic acids is 2. The number of hydrogen-bond acceptors (Lipinski definition) is 4. The van der Waals surface area contributed by atoms with Crippen LogP contribution in [0.3, 0.4) is 0 Å². The minimum Gasteiger partial charge on any atom is -0.493 e. The molecule has 2 N–H and O–H groups in total. The lowest BCUT2D eigenvalue weighted by Crippen LogP contribution is -2.20. The molecule has 2 rings (SSSR count). The Labute approximate surface area is 144 Å². The van der Waals surface area contributed by atoms with Crippen LogP contribution in [0.4, 0.5) is 15.8 Å². The highest BCUT2D eigenvalue weighted by Crippen LogP contribution is 2.27. The number of halogens is 1. The molecule has 0 bridgehead atoms. The second kappa shape index (κ2) is 8.14. The number of rotatable bonds is 6. The van der Waals surface area contributed by atoms with Crippen LogP contribution in [-0.2, 0) is 9.59 Å². The van der Waals surface area contributed by atoms with Crippen LogP contribution in [0.1, 0.15) is 12.5 Å². The molecular weight excluding hydrogens is 327 g/mol. The van der Waals surface area contributed by atoms with Crippen molar-refractivity contribution in [2.45, 2.75) is 13.8 Å². The van der Waals surface area contributed by atoms with Crippen molar-refractivity contribution >= 4 is 23.2 Å². The predicted molar refractivity (Wildman–Crippen MR) is 92.6 cm³/mol. The van der Waals surface area contributed by atoms with Crippen molar-refractivity contribution in [2.24, 2.45) is 0 Å². The maximum absolute atomic E-state index is 13.6. The van der Waals surface area contributed by atoms with Crippen molar-refractivity contribution in [3.8, 4) is 11.5 Å². The summed E-state index contributed by atoms with van der Waals surface area (Å²) >= 11 is 0. The fourth-order valence-corrected chi connectivity index (χ4v) is 2.12. The Balaban J connectivity index is 2.00. The zero-order valence-corrected chi connectivity index (χ0v) is 14.2. The summed E-state index contributed by atoms with van der Waals surface area (Å²) in [5.74, 6) is -0.446. The van der Waals surface area contributed by atoms with Crippen LogP contribution >= 0.6 is 0 Å². The fourth-order valence-electron chi connectivity index (χ4n) is 2.12. The molecule has 0 radical (unpaired) electrons. The van der Waals surface area contributed by atoms with Crippen LogP contribution in [0.5, 0.6) is 11.5 Å². The summed E-state index contributed by atoms with van der Waals surface area (Å²) in [5, 5.41) is 4.93. The Morgan fingerprint density at radius 3 is 2.52 bits per heavy atom. The molecule has 0 spiro atoms. The van der Waals surface area contributed by atoms with Gasteiger partial charge in [-0.1, -0.05) is 6.07 Å². The van der Waals surface area contributed by atoms with Gasteiger partial charge in [0.05, 0.1) is 12.8 Å². The van der Waals surface area contributed by atoms with E-state index in [4.69, 9.17) is 9.47 Å². The minimum atomic E-state index is -0.589. The van der Waals surface area contributed by atoms with E-state index in [9.17, 15) is 14.0 Å². The van der Waals surface area contributed by atoms with Gasteiger partial charge in [-0.25, -0.2) is 4.39 Å². The zero-order chi connectivity index (χ0) is 18.4. The number of carbonyl (C=O) groups is 2. The Morgan fingerprint density at radius 1 is 1.08 bits per heavy atom. The van der Waals surface area contributed by atoms with Gasteiger partial charge < -0.3 is 20.1 Å². The van der Waals surface area contributed by atoms with Crippen LogP contribution in [0.2, 0.25) is 0 Å². The second-order valence-corrected chi connectivity index (χ2v) is 5.37. The standard InChI is InChI=1S/C18H19FN2O4/c1-11-4-7-16(17(8-11)24-3)25-10-18(23)21-13-5-6-14(19)15(9-13)20-12(2)22/h4-9H,10H2,1-3H3,(H,20,22)(H,21,23). The largest absolute Gasteiger partial charge is 0.493 e. The molecule has 0 aromatic heterocycles. The molecule has 2 amide bonds. The lowest BCUT2D eigenvalue weighted by Gasteiger charge is -2.12. The maximum Gasteiger partial charge on any atom is 0.262 e. The van der Waals surface area contributed by atoms with Crippen LogP contribution < -0.4 is 20.1 Å². The first-order chi connectivity index (χ1) is 11.9. The lowest BCUT2D eigenvalue weighted by atomic mass is 10.2. The fraction of sp³-hybridized carbons (Fsp3) is 0.222. The van der Waals surface area contributed by atoms with E-state index in [2.05, 4.69) is 10.6 Å². The predicted octanol–water partition coefficient (Wildman–Crippen LogP) is 3.12. The molecule has 0 unspecified atom stereocenters.